The number of carbonyl (C=O) groups excluding carboxylic acids is 3. The third-order valence-corrected chi connectivity index (χ3v) is 21.8. The normalized spacial score (nSPS) is 26.3. The first-order valence-electron chi connectivity index (χ1n) is 39.8. The van der Waals surface area contributed by atoms with Gasteiger partial charge in [-0.3, -0.25) is 14.4 Å². The second-order valence-corrected chi connectivity index (χ2v) is 31.4. The van der Waals surface area contributed by atoms with Gasteiger partial charge in [-0.2, -0.15) is 0 Å². The van der Waals surface area contributed by atoms with E-state index >= 15 is 0 Å². The molecule has 6 fully saturated rings. The third-order valence-electron chi connectivity index (χ3n) is 19.4. The van der Waals surface area contributed by atoms with Crippen molar-refractivity contribution in [1.29, 1.82) is 0 Å². The maximum Gasteiger partial charge on any atom is 0.220 e. The molecule has 0 spiro atoms. The molecule has 0 aliphatic carbocycles. The van der Waals surface area contributed by atoms with Crippen molar-refractivity contribution < 1.29 is 144 Å². The molecule has 0 radical (unpaired) electrons. The quantitative estimate of drug-likeness (QED) is 0.0155. The fourth-order valence-electron chi connectivity index (χ4n) is 13.3. The Morgan fingerprint density at radius 2 is 0.873 bits per heavy atom. The Bertz CT molecular complexity index is 3350. The minimum absolute atomic E-state index is 0.00796. The topological polar surface area (TPSA) is 508 Å². The average Bonchev–Trinajstić information content (AvgIpc) is 1.59. The summed E-state index contributed by atoms with van der Waals surface area (Å²) in [5.41, 5.74) is -3.30. The number of aromatic nitrogens is 10. The lowest BCUT2D eigenvalue weighted by Gasteiger charge is -2.42. The number of ether oxygens (including phenoxy) is 21. The molecule has 4 aromatic rings. The van der Waals surface area contributed by atoms with Crippen LogP contribution >= 0.6 is 21.6 Å². The molecule has 14 atom stereocenters. The average molecular weight is 1720 g/mol. The van der Waals surface area contributed by atoms with Crippen LogP contribution < -0.4 is 16.0 Å². The van der Waals surface area contributed by atoms with E-state index in [0.29, 0.717) is 149 Å². The van der Waals surface area contributed by atoms with Gasteiger partial charge in [0.05, 0.1) is 262 Å². The number of fused-ring (bicyclic) bond motifs is 6. The molecule has 666 valence electrons. The molecule has 4 aromatic heterocycles. The Morgan fingerprint density at radius 1 is 0.483 bits per heavy atom. The highest BCUT2D eigenvalue weighted by atomic mass is 33.1. The van der Waals surface area contributed by atoms with Crippen LogP contribution in [0.1, 0.15) is 63.0 Å². The predicted octanol–water partition coefficient (Wildman–Crippen LogP) is -3.20. The van der Waals surface area contributed by atoms with Gasteiger partial charge in [0, 0.05) is 38.6 Å². The number of nitrogens with one attached hydrogen (secondary N) is 3. The zero-order valence-corrected chi connectivity index (χ0v) is 68.5. The summed E-state index contributed by atoms with van der Waals surface area (Å²) < 4.78 is 127. The number of nitrogens with zero attached hydrogens (tertiary/aromatic N) is 10. The fourth-order valence-corrected chi connectivity index (χ4v) is 15.3. The summed E-state index contributed by atoms with van der Waals surface area (Å²) >= 11 is 0. The first-order chi connectivity index (χ1) is 57.4. The zero-order valence-electron chi connectivity index (χ0n) is 66.9. The summed E-state index contributed by atoms with van der Waals surface area (Å²) in [6.07, 6.45) is 0.147. The van der Waals surface area contributed by atoms with Gasteiger partial charge in [0.2, 0.25) is 17.7 Å². The lowest BCUT2D eigenvalue weighted by atomic mass is 9.88. The van der Waals surface area contributed by atoms with Gasteiger partial charge in [0.1, 0.15) is 87.1 Å². The Kier molecular flexibility index (Phi) is 41.0. The van der Waals surface area contributed by atoms with E-state index in [9.17, 15) is 45.0 Å². The summed E-state index contributed by atoms with van der Waals surface area (Å²) in [7, 11) is 3.33. The molecule has 10 rings (SSSR count). The van der Waals surface area contributed by atoms with E-state index in [1.54, 1.807) is 60.4 Å². The Hall–Kier alpha value is -5.40. The van der Waals surface area contributed by atoms with E-state index in [-0.39, 0.29) is 143 Å². The van der Waals surface area contributed by atoms with E-state index in [2.05, 4.69) is 51.9 Å². The number of carbonyl (C=O) groups is 3. The van der Waals surface area contributed by atoms with E-state index in [1.807, 2.05) is 18.2 Å². The molecule has 118 heavy (non-hydrogen) atoms. The van der Waals surface area contributed by atoms with Crippen LogP contribution in [0.25, 0.3) is 0 Å². The summed E-state index contributed by atoms with van der Waals surface area (Å²) in [6.45, 7) is 9.98. The van der Waals surface area contributed by atoms with Crippen LogP contribution in [0.3, 0.4) is 0 Å². The highest BCUT2D eigenvalue weighted by molar-refractivity contribution is 8.76. The van der Waals surface area contributed by atoms with Crippen molar-refractivity contribution in [2.75, 3.05) is 204 Å². The van der Waals surface area contributed by atoms with E-state index < -0.39 is 89.9 Å². The Morgan fingerprint density at radius 3 is 1.27 bits per heavy atom. The Balaban J connectivity index is 0.639. The van der Waals surface area contributed by atoms with Crippen molar-refractivity contribution in [3.8, 4) is 0 Å². The number of amides is 3. The first kappa shape index (κ1) is 94.8. The maximum atomic E-state index is 14.2. The monoisotopic (exact) mass is 1720 g/mol. The van der Waals surface area contributed by atoms with Gasteiger partial charge in [-0.1, -0.05) is 38.9 Å². The molecule has 9 N–H and O–H groups in total. The standard InChI is InChI=1S/C73H117N13O30S2/c1-52(87)75-61-63(91)66(94)72(50-112-68(61)115-72)47-106-33-30-103-27-24-100-21-18-97-15-12-85-38-55(79-82-85)41-109-44-70(77-58(90)8-4-3-7-35-117-118-59-9-5-6-10-74-59,43-108-40-54-37-84(81-78-54)11-14-96-17-20-99-23-26-102-29-32-105-46-71-49-111-60(114-71)36-57(89)65(71)93)45-110-42-56-39-86(83-80-56)13-16-98-19-22-101-25-28-104-31-34-107-48-73-51-113-69(116-73)62(76-53(2)88)64(92)67(73)95/h5-6,9-10,37-39,57,60-69,89,91-95H,3-4,7-8,11-36,40-51H2,1-2H3,(H,75,87)(H,76,88)(H,77,90)/t57-,60+,61-,62-,63-,64-,65-,66-,67-,68+,69+,71+,72+,73+/m1/s1. The largest absolute Gasteiger partial charge is 0.390 e. The zero-order chi connectivity index (χ0) is 83.1. The highest BCUT2D eigenvalue weighted by Crippen LogP contribution is 2.40. The van der Waals surface area contributed by atoms with Crippen LogP contribution in [0.5, 0.6) is 0 Å². The first-order valence-corrected chi connectivity index (χ1v) is 42.1. The van der Waals surface area contributed by atoms with E-state index in [1.165, 1.54) is 13.8 Å². The molecule has 45 heteroatoms. The molecule has 0 unspecified atom stereocenters. The number of aliphatic hydroxyl groups excluding tert-OH is 6. The lowest BCUT2D eigenvalue weighted by molar-refractivity contribution is -0.238. The van der Waals surface area contributed by atoms with Crippen LogP contribution in [0.15, 0.2) is 48.0 Å². The molecular weight excluding hydrogens is 1600 g/mol. The lowest BCUT2D eigenvalue weighted by Crippen LogP contribution is -2.66. The van der Waals surface area contributed by atoms with Crippen LogP contribution in [0.4, 0.5) is 0 Å². The third kappa shape index (κ3) is 30.8. The smallest absolute Gasteiger partial charge is 0.220 e. The molecule has 3 amide bonds. The van der Waals surface area contributed by atoms with Crippen molar-refractivity contribution in [1.82, 2.24) is 65.9 Å². The molecule has 43 nitrogen and oxygen atoms in total. The molecule has 0 saturated carbocycles. The van der Waals surface area contributed by atoms with Crippen molar-refractivity contribution in [3.05, 3.63) is 60.1 Å². The molecular formula is C73H117N13O30S2. The van der Waals surface area contributed by atoms with Crippen LogP contribution in [0, 0.1) is 0 Å². The van der Waals surface area contributed by atoms with Gasteiger partial charge in [0.25, 0.3) is 0 Å². The van der Waals surface area contributed by atoms with Crippen molar-refractivity contribution >= 4 is 39.3 Å². The molecule has 6 aliphatic rings. The fraction of sp³-hybridized carbons (Fsp3) is 0.808. The Labute approximate surface area is 691 Å². The predicted molar refractivity (Wildman–Crippen MR) is 407 cm³/mol. The summed E-state index contributed by atoms with van der Waals surface area (Å²) in [6, 6.07) is 4.00. The molecule has 6 aliphatic heterocycles. The van der Waals surface area contributed by atoms with Crippen LogP contribution in [-0.4, -0.2) is 392 Å². The van der Waals surface area contributed by atoms with Crippen molar-refractivity contribution in [2.45, 2.75) is 180 Å². The number of hydrogen-bond donors (Lipinski definition) is 9. The minimum atomic E-state index is -1.34. The second-order valence-electron chi connectivity index (χ2n) is 29.0. The SMILES string of the molecule is CC(=O)N[C@H]1[C@H]2OC[C@](COCCOCCOCCOCCn3cc(COCC(COCc4cn(CCOCCOCCOCCOC[C@@]56CO[C@@H](O5)[C@H](NC(C)=O)[C@@H](O)[C@H]6O)nn4)(COCc4cn(CCOCCOCCOCCOC[C@]56CO[C@H](C[C@@H](O)[C@H]5O)O6)nn4)NC(=O)CCCCCSSc4ccccn4)nn3)(O2)[C@H](O)[C@@H]1O. The number of pyridine rings is 1. The summed E-state index contributed by atoms with van der Waals surface area (Å²) in [5.74, 6) is -0.119. The number of hydrogen-bond acceptors (Lipinski definition) is 39. The van der Waals surface area contributed by atoms with E-state index in [0.717, 1.165) is 23.6 Å². The number of aliphatic hydroxyl groups is 6. The molecule has 6 bridgehead atoms. The van der Waals surface area contributed by atoms with Crippen molar-refractivity contribution in [3.63, 3.8) is 0 Å². The van der Waals surface area contributed by atoms with Crippen LogP contribution in [-0.2, 0) is 153 Å². The van der Waals surface area contributed by atoms with Crippen molar-refractivity contribution in [2.24, 2.45) is 0 Å². The molecule has 6 saturated heterocycles. The number of unbranched alkanes of at least 4 members (excludes halogenated alkanes) is 2. The molecule has 0 aromatic carbocycles. The van der Waals surface area contributed by atoms with Gasteiger partial charge in [0.15, 0.2) is 18.9 Å². The minimum Gasteiger partial charge on any atom is -0.390 e. The highest BCUT2D eigenvalue weighted by Gasteiger charge is 2.61. The van der Waals surface area contributed by atoms with E-state index in [4.69, 9.17) is 99.5 Å². The molecule has 10 heterocycles. The van der Waals surface area contributed by atoms with Gasteiger partial charge >= 0.3 is 0 Å². The number of rotatable bonds is 65. The van der Waals surface area contributed by atoms with Gasteiger partial charge in [-0.25, -0.2) is 19.0 Å². The summed E-state index contributed by atoms with van der Waals surface area (Å²) in [4.78, 5) is 41.7. The van der Waals surface area contributed by atoms with Gasteiger partial charge < -0.3 is 146 Å². The second kappa shape index (κ2) is 51.0. The van der Waals surface area contributed by atoms with Gasteiger partial charge in [-0.05, 0) is 35.8 Å². The summed E-state index contributed by atoms with van der Waals surface area (Å²) in [5, 5.41) is 98.5. The maximum absolute atomic E-state index is 14.2. The van der Waals surface area contributed by atoms with Crippen LogP contribution in [0.2, 0.25) is 0 Å². The van der Waals surface area contributed by atoms with Gasteiger partial charge in [-0.15, -0.1) is 15.3 Å².